The van der Waals surface area contributed by atoms with Gasteiger partial charge in [-0.3, -0.25) is 4.79 Å². The van der Waals surface area contributed by atoms with Crippen LogP contribution in [-0.4, -0.2) is 19.0 Å². The third-order valence-corrected chi connectivity index (χ3v) is 3.38. The van der Waals surface area contributed by atoms with Crippen molar-refractivity contribution >= 4 is 23.1 Å². The minimum absolute atomic E-state index is 0.223. The molecule has 0 amide bonds. The van der Waals surface area contributed by atoms with Gasteiger partial charge >= 0.3 is 0 Å². The van der Waals surface area contributed by atoms with Crippen LogP contribution in [0.5, 0.6) is 11.5 Å². The van der Waals surface area contributed by atoms with Gasteiger partial charge in [0.1, 0.15) is 11.5 Å². The van der Waals surface area contributed by atoms with Crippen molar-refractivity contribution in [3.63, 3.8) is 0 Å². The first-order valence-electron chi connectivity index (χ1n) is 7.06. The number of nitrogen functional groups attached to an aromatic ring is 1. The Bertz CT molecular complexity index is 686. The molecule has 0 radical (unpaired) electrons. The Kier molecular flexibility index (Phi) is 5.28. The summed E-state index contributed by atoms with van der Waals surface area (Å²) in [5.41, 5.74) is 7.12. The summed E-state index contributed by atoms with van der Waals surface area (Å²) in [6.07, 6.45) is 0. The van der Waals surface area contributed by atoms with E-state index in [2.05, 4.69) is 0 Å². The van der Waals surface area contributed by atoms with E-state index in [1.165, 1.54) is 0 Å². The number of ether oxygens (including phenoxy) is 2. The van der Waals surface area contributed by atoms with Crippen LogP contribution in [0.1, 0.15) is 29.8 Å². The van der Waals surface area contributed by atoms with Crippen LogP contribution in [0.25, 0.3) is 0 Å². The summed E-state index contributed by atoms with van der Waals surface area (Å²) < 4.78 is 11.0. The van der Waals surface area contributed by atoms with Gasteiger partial charge in [-0.25, -0.2) is 0 Å². The number of hydrogen-bond donors (Lipinski definition) is 1. The summed E-state index contributed by atoms with van der Waals surface area (Å²) >= 11 is 6.16. The Morgan fingerprint density at radius 2 is 1.68 bits per heavy atom. The van der Waals surface area contributed by atoms with Crippen LogP contribution in [-0.2, 0) is 0 Å². The number of ketones is 1. The van der Waals surface area contributed by atoms with Crippen molar-refractivity contribution in [1.29, 1.82) is 0 Å². The van der Waals surface area contributed by atoms with Gasteiger partial charge in [-0.2, -0.15) is 0 Å². The fraction of sp³-hybridized carbons (Fsp3) is 0.235. The molecular formula is C17H18ClNO3. The number of anilines is 1. The first kappa shape index (κ1) is 16.2. The Hall–Kier alpha value is -2.20. The quantitative estimate of drug-likeness (QED) is 0.647. The minimum Gasteiger partial charge on any atom is -0.493 e. The van der Waals surface area contributed by atoms with Crippen molar-refractivity contribution in [3.05, 3.63) is 52.5 Å². The van der Waals surface area contributed by atoms with Crippen LogP contribution < -0.4 is 15.2 Å². The molecule has 5 heteroatoms. The van der Waals surface area contributed by atoms with E-state index >= 15 is 0 Å². The van der Waals surface area contributed by atoms with Gasteiger partial charge in [-0.1, -0.05) is 23.7 Å². The summed E-state index contributed by atoms with van der Waals surface area (Å²) in [5, 5.41) is 0.405. The number of nitrogens with two attached hydrogens (primary N) is 1. The highest BCUT2D eigenvalue weighted by molar-refractivity contribution is 6.32. The molecule has 2 N–H and O–H groups in total. The van der Waals surface area contributed by atoms with E-state index < -0.39 is 0 Å². The van der Waals surface area contributed by atoms with Gasteiger partial charge in [-0.05, 0) is 32.0 Å². The molecule has 0 saturated carbocycles. The Morgan fingerprint density at radius 1 is 1.05 bits per heavy atom. The molecule has 0 saturated heterocycles. The zero-order chi connectivity index (χ0) is 16.1. The van der Waals surface area contributed by atoms with Gasteiger partial charge in [0.2, 0.25) is 0 Å². The van der Waals surface area contributed by atoms with Crippen LogP contribution in [0.2, 0.25) is 5.02 Å². The van der Waals surface area contributed by atoms with Gasteiger partial charge in [0.25, 0.3) is 0 Å². The third-order valence-electron chi connectivity index (χ3n) is 3.08. The van der Waals surface area contributed by atoms with E-state index in [4.69, 9.17) is 26.8 Å². The summed E-state index contributed by atoms with van der Waals surface area (Å²) in [6, 6.07) is 10.1. The fourth-order valence-corrected chi connectivity index (χ4v) is 2.31. The number of hydrogen-bond acceptors (Lipinski definition) is 4. The van der Waals surface area contributed by atoms with E-state index in [9.17, 15) is 4.79 Å². The molecule has 0 unspecified atom stereocenters. The number of carbonyl (C=O) groups is 1. The van der Waals surface area contributed by atoms with Crippen molar-refractivity contribution < 1.29 is 14.3 Å². The van der Waals surface area contributed by atoms with Gasteiger partial charge in [0.15, 0.2) is 5.78 Å². The molecule has 0 aliphatic rings. The first-order chi connectivity index (χ1) is 10.6. The van der Waals surface area contributed by atoms with Crippen LogP contribution >= 0.6 is 11.6 Å². The highest BCUT2D eigenvalue weighted by Gasteiger charge is 2.20. The monoisotopic (exact) mass is 319 g/mol. The zero-order valence-corrected chi connectivity index (χ0v) is 13.3. The van der Waals surface area contributed by atoms with Crippen molar-refractivity contribution in [2.24, 2.45) is 0 Å². The summed E-state index contributed by atoms with van der Waals surface area (Å²) in [7, 11) is 0. The lowest BCUT2D eigenvalue weighted by molar-refractivity contribution is 0.103. The van der Waals surface area contributed by atoms with Crippen molar-refractivity contribution in [1.82, 2.24) is 0 Å². The van der Waals surface area contributed by atoms with Crippen molar-refractivity contribution in [2.75, 3.05) is 18.9 Å². The van der Waals surface area contributed by atoms with Gasteiger partial charge in [0.05, 0.1) is 23.8 Å². The molecule has 0 fully saturated rings. The maximum absolute atomic E-state index is 12.8. The van der Waals surface area contributed by atoms with Gasteiger partial charge in [-0.15, -0.1) is 0 Å². The Morgan fingerprint density at radius 3 is 2.32 bits per heavy atom. The standard InChI is InChI=1S/C17H18ClNO3/c1-3-21-15-10-13(18)16(22-4-2)9-12(15)17(20)11-7-5-6-8-14(11)19/h5-10H,3-4,19H2,1-2H3. The summed E-state index contributed by atoms with van der Waals surface area (Å²) in [6.45, 7) is 4.57. The molecule has 0 aromatic heterocycles. The van der Waals surface area contributed by atoms with Gasteiger partial charge in [0, 0.05) is 17.3 Å². The second-order valence-electron chi connectivity index (χ2n) is 4.56. The maximum atomic E-state index is 12.8. The van der Waals surface area contributed by atoms with Crippen LogP contribution in [0, 0.1) is 0 Å². The third kappa shape index (κ3) is 3.34. The highest BCUT2D eigenvalue weighted by atomic mass is 35.5. The van der Waals surface area contributed by atoms with E-state index in [0.717, 1.165) is 0 Å². The van der Waals surface area contributed by atoms with E-state index in [1.54, 1.807) is 36.4 Å². The largest absolute Gasteiger partial charge is 0.493 e. The Balaban J connectivity index is 2.54. The number of para-hydroxylation sites is 1. The van der Waals surface area contributed by atoms with E-state index in [0.29, 0.717) is 46.5 Å². The number of halogens is 1. The van der Waals surface area contributed by atoms with E-state index in [1.807, 2.05) is 13.8 Å². The predicted octanol–water partition coefficient (Wildman–Crippen LogP) is 3.95. The summed E-state index contributed by atoms with van der Waals surface area (Å²) in [4.78, 5) is 12.8. The lowest BCUT2D eigenvalue weighted by Gasteiger charge is -2.14. The molecule has 0 bridgehead atoms. The molecule has 0 aliphatic heterocycles. The maximum Gasteiger partial charge on any atom is 0.198 e. The molecule has 4 nitrogen and oxygen atoms in total. The smallest absolute Gasteiger partial charge is 0.198 e. The number of carbonyl (C=O) groups excluding carboxylic acids is 1. The fourth-order valence-electron chi connectivity index (χ4n) is 2.10. The molecule has 0 heterocycles. The average Bonchev–Trinajstić information content (AvgIpc) is 2.50. The lowest BCUT2D eigenvalue weighted by atomic mass is 10.0. The van der Waals surface area contributed by atoms with Crippen molar-refractivity contribution in [3.8, 4) is 11.5 Å². The molecule has 2 aromatic carbocycles. The molecular weight excluding hydrogens is 302 g/mol. The SMILES string of the molecule is CCOc1cc(C(=O)c2ccccc2N)c(OCC)cc1Cl. The normalized spacial score (nSPS) is 10.3. The topological polar surface area (TPSA) is 61.5 Å². The number of benzene rings is 2. The van der Waals surface area contributed by atoms with E-state index in [-0.39, 0.29) is 5.78 Å². The molecule has 2 rings (SSSR count). The van der Waals surface area contributed by atoms with Crippen molar-refractivity contribution in [2.45, 2.75) is 13.8 Å². The second kappa shape index (κ2) is 7.18. The van der Waals surface area contributed by atoms with Gasteiger partial charge < -0.3 is 15.2 Å². The molecule has 0 atom stereocenters. The molecule has 0 aliphatic carbocycles. The number of rotatable bonds is 6. The predicted molar refractivity (Wildman–Crippen MR) is 88.1 cm³/mol. The van der Waals surface area contributed by atoms with Crippen LogP contribution in [0.15, 0.2) is 36.4 Å². The molecule has 2 aromatic rings. The average molecular weight is 320 g/mol. The molecule has 0 spiro atoms. The Labute approximate surface area is 134 Å². The first-order valence-corrected chi connectivity index (χ1v) is 7.44. The zero-order valence-electron chi connectivity index (χ0n) is 12.6. The van der Waals surface area contributed by atoms with Crippen LogP contribution in [0.4, 0.5) is 5.69 Å². The molecule has 116 valence electrons. The highest BCUT2D eigenvalue weighted by Crippen LogP contribution is 2.34. The minimum atomic E-state index is -0.223. The molecule has 22 heavy (non-hydrogen) atoms. The van der Waals surface area contributed by atoms with Crippen LogP contribution in [0.3, 0.4) is 0 Å². The lowest BCUT2D eigenvalue weighted by Crippen LogP contribution is -2.09. The summed E-state index contributed by atoms with van der Waals surface area (Å²) in [5.74, 6) is 0.647. The second-order valence-corrected chi connectivity index (χ2v) is 4.97.